The Morgan fingerprint density at radius 2 is 2.14 bits per heavy atom. The number of nitrogens with one attached hydrogen (secondary N) is 1. The molecule has 1 aliphatic carbocycles. The van der Waals surface area contributed by atoms with Crippen LogP contribution in [0, 0.1) is 0 Å². The van der Waals surface area contributed by atoms with Gasteiger partial charge in [-0.15, -0.1) is 0 Å². The lowest BCUT2D eigenvalue weighted by molar-refractivity contribution is -0.119. The van der Waals surface area contributed by atoms with Crippen molar-refractivity contribution in [1.82, 2.24) is 9.88 Å². The van der Waals surface area contributed by atoms with E-state index in [9.17, 15) is 4.79 Å². The third-order valence-corrected chi connectivity index (χ3v) is 6.00. The highest BCUT2D eigenvalue weighted by molar-refractivity contribution is 7.80. The van der Waals surface area contributed by atoms with Crippen LogP contribution in [0.2, 0.25) is 0 Å². The first-order valence-corrected chi connectivity index (χ1v) is 10.6. The second-order valence-corrected chi connectivity index (χ2v) is 8.23. The van der Waals surface area contributed by atoms with Crippen molar-refractivity contribution in [2.45, 2.75) is 45.2 Å². The molecule has 3 N–H and O–H groups in total. The van der Waals surface area contributed by atoms with Crippen LogP contribution in [0.15, 0.2) is 42.1 Å². The molecule has 152 valence electrons. The van der Waals surface area contributed by atoms with Gasteiger partial charge in [0, 0.05) is 61.0 Å². The SMILES string of the molecule is CC(=O)NCc1ccc2c(C3=CC(C(N)=S)=CCC3)cn(C3CCOCC3)c2c1. The number of rotatable bonds is 5. The maximum absolute atomic E-state index is 11.3. The van der Waals surface area contributed by atoms with Crippen molar-refractivity contribution in [2.24, 2.45) is 5.73 Å². The Morgan fingerprint density at radius 1 is 1.34 bits per heavy atom. The summed E-state index contributed by atoms with van der Waals surface area (Å²) >= 11 is 5.20. The van der Waals surface area contributed by atoms with Crippen molar-refractivity contribution < 1.29 is 9.53 Å². The number of carbonyl (C=O) groups is 1. The molecule has 0 atom stereocenters. The van der Waals surface area contributed by atoms with Crippen LogP contribution >= 0.6 is 12.2 Å². The molecule has 0 saturated carbocycles. The van der Waals surface area contributed by atoms with Gasteiger partial charge in [0.15, 0.2) is 0 Å². The van der Waals surface area contributed by atoms with Crippen LogP contribution in [0.25, 0.3) is 16.5 Å². The van der Waals surface area contributed by atoms with Gasteiger partial charge in [-0.2, -0.15) is 0 Å². The Bertz CT molecular complexity index is 1010. The summed E-state index contributed by atoms with van der Waals surface area (Å²) in [5.74, 6) is -0.0185. The number of aromatic nitrogens is 1. The lowest BCUT2D eigenvalue weighted by Gasteiger charge is -2.24. The van der Waals surface area contributed by atoms with Gasteiger partial charge in [0.25, 0.3) is 0 Å². The molecule has 1 aromatic heterocycles. The number of benzene rings is 1. The quantitative estimate of drug-likeness (QED) is 0.732. The zero-order chi connectivity index (χ0) is 20.4. The number of hydrogen-bond donors (Lipinski definition) is 2. The first kappa shape index (κ1) is 19.9. The van der Waals surface area contributed by atoms with Crippen LogP contribution in [0.3, 0.4) is 0 Å². The first-order valence-electron chi connectivity index (χ1n) is 10.2. The molecule has 1 fully saturated rings. The van der Waals surface area contributed by atoms with E-state index in [4.69, 9.17) is 22.7 Å². The average molecular weight is 410 g/mol. The van der Waals surface area contributed by atoms with E-state index in [-0.39, 0.29) is 5.91 Å². The summed E-state index contributed by atoms with van der Waals surface area (Å²) in [6, 6.07) is 6.91. The van der Waals surface area contributed by atoms with Crippen LogP contribution in [-0.4, -0.2) is 28.7 Å². The molecular weight excluding hydrogens is 382 g/mol. The minimum Gasteiger partial charge on any atom is -0.389 e. The van der Waals surface area contributed by atoms with E-state index >= 15 is 0 Å². The molecule has 1 amide bonds. The number of nitrogens with zero attached hydrogens (tertiary/aromatic N) is 1. The molecule has 5 nitrogen and oxygen atoms in total. The topological polar surface area (TPSA) is 69.3 Å². The van der Waals surface area contributed by atoms with Crippen LogP contribution in [0.1, 0.15) is 49.8 Å². The fourth-order valence-electron chi connectivity index (χ4n) is 4.24. The molecular formula is C23H27N3O2S. The summed E-state index contributed by atoms with van der Waals surface area (Å²) in [7, 11) is 0. The molecule has 0 bridgehead atoms. The Labute approximate surface area is 176 Å². The highest BCUT2D eigenvalue weighted by atomic mass is 32.1. The van der Waals surface area contributed by atoms with Crippen LogP contribution in [0.5, 0.6) is 0 Å². The highest BCUT2D eigenvalue weighted by Crippen LogP contribution is 2.36. The molecule has 1 aliphatic heterocycles. The van der Waals surface area contributed by atoms with Crippen LogP contribution < -0.4 is 11.1 Å². The Kier molecular flexibility index (Phi) is 5.83. The van der Waals surface area contributed by atoms with Crippen LogP contribution in [0.4, 0.5) is 0 Å². The molecule has 0 radical (unpaired) electrons. The number of allylic oxidation sites excluding steroid dienone is 2. The van der Waals surface area contributed by atoms with Crippen molar-refractivity contribution >= 4 is 39.6 Å². The first-order chi connectivity index (χ1) is 14.0. The van der Waals surface area contributed by atoms with E-state index in [1.54, 1.807) is 6.92 Å². The number of ether oxygens (including phenoxy) is 1. The fourth-order valence-corrected chi connectivity index (χ4v) is 4.38. The number of carbonyl (C=O) groups excluding carboxylic acids is 1. The Balaban J connectivity index is 1.79. The van der Waals surface area contributed by atoms with Gasteiger partial charge in [0.05, 0.1) is 0 Å². The molecule has 4 rings (SSSR count). The van der Waals surface area contributed by atoms with Crippen molar-refractivity contribution in [1.29, 1.82) is 0 Å². The van der Waals surface area contributed by atoms with Crippen molar-refractivity contribution in [3.05, 3.63) is 53.2 Å². The van der Waals surface area contributed by atoms with Gasteiger partial charge in [0.1, 0.15) is 4.99 Å². The second-order valence-electron chi connectivity index (χ2n) is 7.79. The smallest absolute Gasteiger partial charge is 0.217 e. The largest absolute Gasteiger partial charge is 0.389 e. The normalized spacial score (nSPS) is 17.7. The minimum atomic E-state index is -0.0185. The summed E-state index contributed by atoms with van der Waals surface area (Å²) in [4.78, 5) is 11.8. The number of nitrogens with two attached hydrogens (primary N) is 1. The zero-order valence-electron chi connectivity index (χ0n) is 16.7. The van der Waals surface area contributed by atoms with E-state index in [0.29, 0.717) is 17.6 Å². The van der Waals surface area contributed by atoms with Crippen LogP contribution in [-0.2, 0) is 16.1 Å². The third kappa shape index (κ3) is 4.28. The maximum atomic E-state index is 11.3. The fraction of sp³-hybridized carbons (Fsp3) is 0.391. The molecule has 1 saturated heterocycles. The van der Waals surface area contributed by atoms with Gasteiger partial charge in [0.2, 0.25) is 5.91 Å². The third-order valence-electron chi connectivity index (χ3n) is 5.76. The molecule has 29 heavy (non-hydrogen) atoms. The van der Waals surface area contributed by atoms with E-state index in [0.717, 1.165) is 50.0 Å². The predicted octanol–water partition coefficient (Wildman–Crippen LogP) is 4.02. The molecule has 0 unspecified atom stereocenters. The van der Waals surface area contributed by atoms with Crippen molar-refractivity contribution in [3.8, 4) is 0 Å². The Hall–Kier alpha value is -2.44. The van der Waals surface area contributed by atoms with E-state index < -0.39 is 0 Å². The van der Waals surface area contributed by atoms with Gasteiger partial charge >= 0.3 is 0 Å². The van der Waals surface area contributed by atoms with Gasteiger partial charge in [-0.1, -0.05) is 30.4 Å². The second kappa shape index (κ2) is 8.51. The molecule has 2 aromatic rings. The lowest BCUT2D eigenvalue weighted by atomic mass is 9.93. The van der Waals surface area contributed by atoms with E-state index in [1.165, 1.54) is 22.0 Å². The van der Waals surface area contributed by atoms with Gasteiger partial charge in [-0.05, 0) is 49.0 Å². The summed E-state index contributed by atoms with van der Waals surface area (Å²) in [5.41, 5.74) is 11.7. The summed E-state index contributed by atoms with van der Waals surface area (Å²) in [6.45, 7) is 3.67. The molecule has 6 heteroatoms. The number of thiocarbonyl (C=S) groups is 1. The predicted molar refractivity (Wildman–Crippen MR) is 121 cm³/mol. The summed E-state index contributed by atoms with van der Waals surface area (Å²) in [6.07, 6.45) is 10.5. The number of hydrogen-bond acceptors (Lipinski definition) is 3. The highest BCUT2D eigenvalue weighted by Gasteiger charge is 2.21. The zero-order valence-corrected chi connectivity index (χ0v) is 17.6. The summed E-state index contributed by atoms with van der Waals surface area (Å²) < 4.78 is 7.98. The summed E-state index contributed by atoms with van der Waals surface area (Å²) in [5, 5.41) is 4.13. The molecule has 0 spiro atoms. The van der Waals surface area contributed by atoms with Crippen molar-refractivity contribution in [2.75, 3.05) is 13.2 Å². The Morgan fingerprint density at radius 3 is 2.86 bits per heavy atom. The number of amides is 1. The standard InChI is InChI=1S/C23H27N3O2S/c1-15(27)25-13-16-5-6-20-21(17-3-2-4-18(12-17)23(24)29)14-26(22(20)11-16)19-7-9-28-10-8-19/h4-6,11-12,14,19H,2-3,7-10,13H2,1H3,(H2,24,29)(H,25,27). The van der Waals surface area contributed by atoms with E-state index in [1.807, 2.05) is 0 Å². The van der Waals surface area contributed by atoms with Crippen molar-refractivity contribution in [3.63, 3.8) is 0 Å². The maximum Gasteiger partial charge on any atom is 0.217 e. The molecule has 1 aromatic carbocycles. The molecule has 2 aliphatic rings. The average Bonchev–Trinajstić information content (AvgIpc) is 3.12. The molecule has 2 heterocycles. The minimum absolute atomic E-state index is 0.0185. The number of fused-ring (bicyclic) bond motifs is 1. The van der Waals surface area contributed by atoms with Gasteiger partial charge in [-0.25, -0.2) is 0 Å². The van der Waals surface area contributed by atoms with Gasteiger partial charge < -0.3 is 20.4 Å². The monoisotopic (exact) mass is 409 g/mol. The lowest BCUT2D eigenvalue weighted by Crippen LogP contribution is -2.20. The van der Waals surface area contributed by atoms with E-state index in [2.05, 4.69) is 46.4 Å². The van der Waals surface area contributed by atoms with Gasteiger partial charge in [-0.3, -0.25) is 4.79 Å².